The van der Waals surface area contributed by atoms with Crippen molar-refractivity contribution in [3.8, 4) is 0 Å². The molecular weight excluding hydrogens is 300 g/mol. The first-order valence-corrected chi connectivity index (χ1v) is 6.73. The second-order valence-corrected chi connectivity index (χ2v) is 4.73. The zero-order valence-corrected chi connectivity index (χ0v) is 12.1. The zero-order valence-electron chi connectivity index (χ0n) is 12.1. The maximum Gasteiger partial charge on any atom is 0.419 e. The molecule has 0 aliphatic carbocycles. The van der Waals surface area contributed by atoms with Gasteiger partial charge in [0.05, 0.1) is 10.9 Å². The van der Waals surface area contributed by atoms with Gasteiger partial charge in [0, 0.05) is 7.05 Å². The average molecular weight is 312 g/mol. The zero-order chi connectivity index (χ0) is 16.4. The minimum atomic E-state index is -0.723. The lowest BCUT2D eigenvalue weighted by Crippen LogP contribution is -2.17. The third kappa shape index (κ3) is 2.84. The minimum Gasteiger partial charge on any atom is -0.409 e. The van der Waals surface area contributed by atoms with Gasteiger partial charge in [-0.25, -0.2) is 9.59 Å². The number of benzene rings is 2. The molecule has 1 N–H and O–H groups in total. The van der Waals surface area contributed by atoms with Crippen molar-refractivity contribution >= 4 is 22.1 Å². The van der Waals surface area contributed by atoms with Gasteiger partial charge in [0.25, 0.3) is 5.56 Å². The highest BCUT2D eigenvalue weighted by Gasteiger charge is 2.02. The summed E-state index contributed by atoms with van der Waals surface area (Å²) in [6, 6.07) is 13.9. The van der Waals surface area contributed by atoms with Gasteiger partial charge >= 0.3 is 11.5 Å². The Labute approximate surface area is 128 Å². The molecule has 0 amide bonds. The Morgan fingerprint density at radius 1 is 0.870 bits per heavy atom. The monoisotopic (exact) mass is 312 g/mol. The maximum atomic E-state index is 11.1. The summed E-state index contributed by atoms with van der Waals surface area (Å²) in [5.74, 6) is -1.04. The largest absolute Gasteiger partial charge is 0.419 e. The number of oxazole rings is 1. The highest BCUT2D eigenvalue weighted by molar-refractivity contribution is 5.74. The van der Waals surface area contributed by atoms with E-state index < -0.39 is 11.3 Å². The summed E-state index contributed by atoms with van der Waals surface area (Å²) >= 11 is 0. The van der Waals surface area contributed by atoms with Crippen LogP contribution in [0.2, 0.25) is 0 Å². The van der Waals surface area contributed by atoms with Crippen LogP contribution in [0.1, 0.15) is 0 Å². The Balaban J connectivity index is 0.000000136. The third-order valence-electron chi connectivity index (χ3n) is 3.25. The van der Waals surface area contributed by atoms with E-state index in [1.807, 2.05) is 23.2 Å². The summed E-state index contributed by atoms with van der Waals surface area (Å²) in [6.45, 7) is 0. The molecule has 4 rings (SSSR count). The van der Waals surface area contributed by atoms with Crippen molar-refractivity contribution in [2.75, 3.05) is 0 Å². The fourth-order valence-electron chi connectivity index (χ4n) is 2.11. The highest BCUT2D eigenvalue weighted by atomic mass is 16.4. The van der Waals surface area contributed by atoms with Gasteiger partial charge in [0.2, 0.25) is 0 Å². The van der Waals surface area contributed by atoms with Gasteiger partial charge in [0.1, 0.15) is 5.58 Å². The highest BCUT2D eigenvalue weighted by Crippen LogP contribution is 2.09. The predicted molar refractivity (Wildman–Crippen MR) is 84.6 cm³/mol. The number of aromatic amines is 1. The van der Waals surface area contributed by atoms with E-state index >= 15 is 0 Å². The second-order valence-electron chi connectivity index (χ2n) is 4.73. The molecule has 23 heavy (non-hydrogen) atoms. The summed E-state index contributed by atoms with van der Waals surface area (Å²) in [4.78, 5) is 34.7. The molecule has 0 aliphatic rings. The standard InChI is InChI=1S/C8H5NO3.C8H7NO2/c10-7-5-3-1-2-4-6(5)12-8(11)9-7;1-9-6-4-2-3-5-7(6)11-8(9)10/h1-4H,(H,9,10,11);2-5H,1H3. The Bertz CT molecular complexity index is 1150. The van der Waals surface area contributed by atoms with Gasteiger partial charge in [-0.3, -0.25) is 14.3 Å². The van der Waals surface area contributed by atoms with Gasteiger partial charge in [-0.2, -0.15) is 0 Å². The predicted octanol–water partition coefficient (Wildman–Crippen LogP) is 1.61. The van der Waals surface area contributed by atoms with Crippen LogP contribution in [0, 0.1) is 0 Å². The normalized spacial score (nSPS) is 10.5. The van der Waals surface area contributed by atoms with Crippen LogP contribution in [0.3, 0.4) is 0 Å². The smallest absolute Gasteiger partial charge is 0.409 e. The molecule has 7 nitrogen and oxygen atoms in total. The summed E-state index contributed by atoms with van der Waals surface area (Å²) in [5, 5.41) is 0.386. The quantitative estimate of drug-likeness (QED) is 0.532. The Morgan fingerprint density at radius 2 is 1.52 bits per heavy atom. The molecule has 2 aromatic heterocycles. The van der Waals surface area contributed by atoms with E-state index in [1.165, 1.54) is 4.57 Å². The van der Waals surface area contributed by atoms with Crippen LogP contribution < -0.4 is 17.1 Å². The van der Waals surface area contributed by atoms with Crippen molar-refractivity contribution in [3.05, 3.63) is 80.0 Å². The van der Waals surface area contributed by atoms with Crippen molar-refractivity contribution in [3.63, 3.8) is 0 Å². The van der Waals surface area contributed by atoms with Crippen LogP contribution in [0.4, 0.5) is 0 Å². The van der Waals surface area contributed by atoms with Gasteiger partial charge < -0.3 is 8.83 Å². The van der Waals surface area contributed by atoms with Gasteiger partial charge in [0.15, 0.2) is 5.58 Å². The Kier molecular flexibility index (Phi) is 3.68. The van der Waals surface area contributed by atoms with Crippen molar-refractivity contribution in [2.45, 2.75) is 0 Å². The number of aromatic nitrogens is 2. The number of H-pyrrole nitrogens is 1. The lowest BCUT2D eigenvalue weighted by Gasteiger charge is -1.91. The average Bonchev–Trinajstić information content (AvgIpc) is 2.83. The van der Waals surface area contributed by atoms with Gasteiger partial charge in [-0.15, -0.1) is 0 Å². The van der Waals surface area contributed by atoms with E-state index in [0.29, 0.717) is 16.6 Å². The van der Waals surface area contributed by atoms with Crippen LogP contribution in [-0.4, -0.2) is 9.55 Å². The molecule has 0 unspecified atom stereocenters. The SMILES string of the molecule is Cn1c(=O)oc2ccccc21.O=c1[nH]c(=O)c2ccccc2o1. The number of rotatable bonds is 0. The first kappa shape index (κ1) is 14.6. The first-order chi connectivity index (χ1) is 11.1. The molecule has 0 spiro atoms. The summed E-state index contributed by atoms with van der Waals surface area (Å²) in [7, 11) is 1.69. The fraction of sp³-hybridized carbons (Fsp3) is 0.0625. The molecule has 0 saturated heterocycles. The maximum absolute atomic E-state index is 11.1. The van der Waals surface area contributed by atoms with Crippen LogP contribution in [0.5, 0.6) is 0 Å². The van der Waals surface area contributed by atoms with Crippen LogP contribution in [0.15, 0.2) is 71.7 Å². The molecule has 0 aliphatic heterocycles. The lowest BCUT2D eigenvalue weighted by molar-refractivity contribution is 0.528. The molecule has 4 aromatic rings. The van der Waals surface area contributed by atoms with Crippen molar-refractivity contribution in [1.29, 1.82) is 0 Å². The third-order valence-corrected chi connectivity index (χ3v) is 3.25. The number of nitrogens with zero attached hydrogens (tertiary/aromatic N) is 1. The fourth-order valence-corrected chi connectivity index (χ4v) is 2.11. The summed E-state index contributed by atoms with van der Waals surface area (Å²) in [6.07, 6.45) is 0. The number of hydrogen-bond acceptors (Lipinski definition) is 5. The molecule has 0 fully saturated rings. The summed E-state index contributed by atoms with van der Waals surface area (Å²) in [5.41, 5.74) is 1.37. The van der Waals surface area contributed by atoms with Crippen molar-refractivity contribution in [1.82, 2.24) is 9.55 Å². The minimum absolute atomic E-state index is 0.311. The molecule has 2 aromatic carbocycles. The van der Waals surface area contributed by atoms with Crippen molar-refractivity contribution < 1.29 is 8.83 Å². The molecule has 0 radical (unpaired) electrons. The first-order valence-electron chi connectivity index (χ1n) is 6.73. The van der Waals surface area contributed by atoms with E-state index in [-0.39, 0.29) is 5.76 Å². The molecule has 2 heterocycles. The van der Waals surface area contributed by atoms with Gasteiger partial charge in [-0.1, -0.05) is 24.3 Å². The topological polar surface area (TPSA) is 98.2 Å². The Morgan fingerprint density at radius 3 is 2.26 bits per heavy atom. The van der Waals surface area contributed by atoms with Crippen LogP contribution >= 0.6 is 0 Å². The number of aryl methyl sites for hydroxylation is 1. The number of hydrogen-bond donors (Lipinski definition) is 1. The molecular formula is C16H12N2O5. The van der Waals surface area contributed by atoms with E-state index in [2.05, 4.69) is 0 Å². The van der Waals surface area contributed by atoms with E-state index in [9.17, 15) is 14.4 Å². The molecule has 0 atom stereocenters. The van der Waals surface area contributed by atoms with Gasteiger partial charge in [-0.05, 0) is 24.3 Å². The van der Waals surface area contributed by atoms with E-state index in [1.54, 1.807) is 37.4 Å². The van der Waals surface area contributed by atoms with E-state index in [4.69, 9.17) is 8.83 Å². The number of para-hydroxylation sites is 3. The number of fused-ring (bicyclic) bond motifs is 2. The van der Waals surface area contributed by atoms with Crippen molar-refractivity contribution in [2.24, 2.45) is 7.05 Å². The number of nitrogens with one attached hydrogen (secondary N) is 1. The Hall–Kier alpha value is -3.35. The second kappa shape index (κ2) is 5.80. The lowest BCUT2D eigenvalue weighted by atomic mass is 10.3. The molecule has 116 valence electrons. The van der Waals surface area contributed by atoms with Crippen LogP contribution in [0.25, 0.3) is 22.1 Å². The van der Waals surface area contributed by atoms with E-state index in [0.717, 1.165) is 5.52 Å². The molecule has 0 bridgehead atoms. The summed E-state index contributed by atoms with van der Waals surface area (Å²) < 4.78 is 11.1. The van der Waals surface area contributed by atoms with Crippen LogP contribution in [-0.2, 0) is 7.05 Å². The molecule has 7 heteroatoms. The molecule has 0 saturated carbocycles.